The van der Waals surface area contributed by atoms with E-state index in [4.69, 9.17) is 0 Å². The van der Waals surface area contributed by atoms with Crippen LogP contribution in [-0.4, -0.2) is 29.9 Å². The third-order valence-corrected chi connectivity index (χ3v) is 8.14. The third-order valence-electron chi connectivity index (χ3n) is 1.44. The first kappa shape index (κ1) is 6.94. The Kier molecular flexibility index (Phi) is 1.88. The SMILES string of the molecule is CC1[Se]c2ccccc2[Se]1. The van der Waals surface area contributed by atoms with Gasteiger partial charge in [0, 0.05) is 0 Å². The van der Waals surface area contributed by atoms with Crippen LogP contribution in [0.1, 0.15) is 6.92 Å². The predicted molar refractivity (Wildman–Crippen MR) is 46.6 cm³/mol. The van der Waals surface area contributed by atoms with E-state index in [9.17, 15) is 0 Å². The molecule has 0 saturated heterocycles. The fourth-order valence-corrected chi connectivity index (χ4v) is 7.89. The van der Waals surface area contributed by atoms with E-state index in [2.05, 4.69) is 31.2 Å². The summed E-state index contributed by atoms with van der Waals surface area (Å²) in [6.07, 6.45) is 0. The molecule has 0 bridgehead atoms. The second kappa shape index (κ2) is 2.71. The van der Waals surface area contributed by atoms with Crippen molar-refractivity contribution in [1.82, 2.24) is 0 Å². The van der Waals surface area contributed by atoms with Gasteiger partial charge in [0.25, 0.3) is 0 Å². The molecular formula is C8H8Se2. The van der Waals surface area contributed by atoms with Crippen molar-refractivity contribution in [2.45, 2.75) is 10.6 Å². The molecule has 0 unspecified atom stereocenters. The molecule has 52 valence electrons. The van der Waals surface area contributed by atoms with Gasteiger partial charge in [0.2, 0.25) is 0 Å². The van der Waals surface area contributed by atoms with E-state index < -0.39 is 0 Å². The number of fused-ring (bicyclic) bond motifs is 1. The molecule has 0 atom stereocenters. The summed E-state index contributed by atoms with van der Waals surface area (Å²) in [6, 6.07) is 8.91. The van der Waals surface area contributed by atoms with Crippen LogP contribution in [0.3, 0.4) is 0 Å². The molecule has 0 N–H and O–H groups in total. The van der Waals surface area contributed by atoms with Gasteiger partial charge in [0.15, 0.2) is 0 Å². The summed E-state index contributed by atoms with van der Waals surface area (Å²) in [5, 5.41) is 0. The molecule has 10 heavy (non-hydrogen) atoms. The molecule has 0 nitrogen and oxygen atoms in total. The molecule has 0 saturated carbocycles. The van der Waals surface area contributed by atoms with Crippen LogP contribution < -0.4 is 8.92 Å². The van der Waals surface area contributed by atoms with Gasteiger partial charge in [-0.3, -0.25) is 0 Å². The van der Waals surface area contributed by atoms with Crippen molar-refractivity contribution in [3.63, 3.8) is 0 Å². The molecule has 0 amide bonds. The minimum absolute atomic E-state index is 0.788. The summed E-state index contributed by atoms with van der Waals surface area (Å²) in [5.41, 5.74) is 0. The first-order valence-electron chi connectivity index (χ1n) is 3.28. The van der Waals surface area contributed by atoms with Crippen molar-refractivity contribution in [2.24, 2.45) is 0 Å². The Labute approximate surface area is 73.7 Å². The summed E-state index contributed by atoms with van der Waals surface area (Å²) >= 11 is 1.58. The van der Waals surface area contributed by atoms with Gasteiger partial charge in [-0.2, -0.15) is 0 Å². The fraction of sp³-hybridized carbons (Fsp3) is 0.250. The Balaban J connectivity index is 2.42. The average molecular weight is 262 g/mol. The van der Waals surface area contributed by atoms with Gasteiger partial charge < -0.3 is 0 Å². The van der Waals surface area contributed by atoms with Crippen LogP contribution in [0.15, 0.2) is 24.3 Å². The Hall–Kier alpha value is 0.259. The molecule has 1 heterocycles. The van der Waals surface area contributed by atoms with Gasteiger partial charge in [0.05, 0.1) is 0 Å². The van der Waals surface area contributed by atoms with E-state index in [1.54, 1.807) is 8.92 Å². The maximum atomic E-state index is 2.38. The zero-order chi connectivity index (χ0) is 6.97. The number of hydrogen-bond acceptors (Lipinski definition) is 0. The molecule has 2 heteroatoms. The number of rotatable bonds is 0. The van der Waals surface area contributed by atoms with Crippen LogP contribution in [0.4, 0.5) is 0 Å². The molecule has 0 aliphatic carbocycles. The van der Waals surface area contributed by atoms with Crippen molar-refractivity contribution in [1.29, 1.82) is 0 Å². The molecular weight excluding hydrogens is 254 g/mol. The normalized spacial score (nSPS) is 17.3. The van der Waals surface area contributed by atoms with Crippen molar-refractivity contribution >= 4 is 38.8 Å². The molecule has 0 spiro atoms. The molecule has 1 aromatic carbocycles. The van der Waals surface area contributed by atoms with Gasteiger partial charge in [-0.25, -0.2) is 0 Å². The average Bonchev–Trinajstić information content (AvgIpc) is 2.27. The van der Waals surface area contributed by atoms with Crippen molar-refractivity contribution in [3.05, 3.63) is 24.3 Å². The van der Waals surface area contributed by atoms with Crippen LogP contribution in [0.25, 0.3) is 0 Å². The summed E-state index contributed by atoms with van der Waals surface area (Å²) in [4.78, 5) is 0. The second-order valence-electron chi connectivity index (χ2n) is 2.25. The quantitative estimate of drug-likeness (QED) is 0.583. The first-order valence-corrected chi connectivity index (χ1v) is 6.98. The third kappa shape index (κ3) is 1.17. The topological polar surface area (TPSA) is 0 Å². The number of hydrogen-bond donors (Lipinski definition) is 0. The van der Waals surface area contributed by atoms with Crippen LogP contribution in [0.5, 0.6) is 0 Å². The monoisotopic (exact) mass is 264 g/mol. The van der Waals surface area contributed by atoms with Crippen molar-refractivity contribution < 1.29 is 0 Å². The Morgan fingerprint density at radius 1 is 1.10 bits per heavy atom. The summed E-state index contributed by atoms with van der Waals surface area (Å²) in [7, 11) is 0. The molecule has 0 aromatic heterocycles. The zero-order valence-corrected chi connectivity index (χ0v) is 9.13. The summed E-state index contributed by atoms with van der Waals surface area (Å²) in [6.45, 7) is 2.38. The van der Waals surface area contributed by atoms with Gasteiger partial charge in [-0.05, 0) is 0 Å². The first-order chi connectivity index (χ1) is 4.86. The standard InChI is InChI=1S/C8H8Se2/c1-6-9-7-4-2-3-5-8(7)10-6/h2-6H,1H3. The molecule has 0 fully saturated rings. The summed E-state index contributed by atoms with van der Waals surface area (Å²) in [5.74, 6) is 0. The molecule has 0 radical (unpaired) electrons. The van der Waals surface area contributed by atoms with Crippen molar-refractivity contribution in [2.75, 3.05) is 0 Å². The zero-order valence-electron chi connectivity index (χ0n) is 5.70. The maximum absolute atomic E-state index is 2.38. The Morgan fingerprint density at radius 2 is 1.60 bits per heavy atom. The van der Waals surface area contributed by atoms with E-state index in [0.717, 1.165) is 33.6 Å². The van der Waals surface area contributed by atoms with E-state index in [1.807, 2.05) is 0 Å². The van der Waals surface area contributed by atoms with Gasteiger partial charge in [0.1, 0.15) is 0 Å². The molecule has 1 aliphatic heterocycles. The second-order valence-corrected chi connectivity index (χ2v) is 9.56. The Bertz CT molecular complexity index is 220. The van der Waals surface area contributed by atoms with E-state index in [-0.39, 0.29) is 0 Å². The Morgan fingerprint density at radius 3 is 2.10 bits per heavy atom. The predicted octanol–water partition coefficient (Wildman–Crippen LogP) is 0.125. The van der Waals surface area contributed by atoms with E-state index in [1.165, 1.54) is 0 Å². The minimum atomic E-state index is 0.788. The van der Waals surface area contributed by atoms with Crippen LogP contribution in [-0.2, 0) is 0 Å². The van der Waals surface area contributed by atoms with Gasteiger partial charge in [-0.1, -0.05) is 0 Å². The van der Waals surface area contributed by atoms with E-state index >= 15 is 0 Å². The van der Waals surface area contributed by atoms with Crippen LogP contribution in [0.2, 0.25) is 3.71 Å². The summed E-state index contributed by atoms with van der Waals surface area (Å²) < 4.78 is 4.31. The van der Waals surface area contributed by atoms with Crippen molar-refractivity contribution in [3.8, 4) is 0 Å². The van der Waals surface area contributed by atoms with E-state index in [0.29, 0.717) is 0 Å². The number of benzene rings is 1. The van der Waals surface area contributed by atoms with Gasteiger partial charge in [-0.15, -0.1) is 0 Å². The fourth-order valence-electron chi connectivity index (χ4n) is 1.03. The van der Waals surface area contributed by atoms with Gasteiger partial charge >= 0.3 is 73.7 Å². The van der Waals surface area contributed by atoms with Crippen LogP contribution >= 0.6 is 0 Å². The molecule has 1 aliphatic rings. The molecule has 2 rings (SSSR count). The molecule has 1 aromatic rings. The van der Waals surface area contributed by atoms with Crippen LogP contribution in [0, 0.1) is 0 Å².